The highest BCUT2D eigenvalue weighted by molar-refractivity contribution is 6.27. The zero-order chi connectivity index (χ0) is 20.2. The molecule has 2 aromatic carbocycles. The fraction of sp³-hybridized carbons (Fsp3) is 0.304. The highest BCUT2D eigenvalue weighted by Crippen LogP contribution is 2.29. The minimum Gasteiger partial charge on any atom is -0.358 e. The van der Waals surface area contributed by atoms with Crippen LogP contribution in [-0.2, 0) is 28.9 Å². The van der Waals surface area contributed by atoms with Crippen LogP contribution < -0.4 is 10.6 Å². The first kappa shape index (κ1) is 19.5. The number of H-pyrrole nitrogens is 1. The standard InChI is InChI=1S/C23H24ClN3O2/c24-14-22(28)27-21(12-15-6-2-1-3-7-15)23(29)25-16-10-11-20-18(13-16)17-8-4-5-9-19(17)26-20/h1-9,16,21,26H,10-14H2,(H,25,29)(H,27,28)/t16?,21-/m0/s1. The van der Waals surface area contributed by atoms with Crippen molar-refractivity contribution in [2.24, 2.45) is 0 Å². The predicted molar refractivity (Wildman–Crippen MR) is 115 cm³/mol. The van der Waals surface area contributed by atoms with Crippen molar-refractivity contribution in [3.05, 3.63) is 71.4 Å². The molecule has 0 aliphatic heterocycles. The molecule has 0 spiro atoms. The zero-order valence-corrected chi connectivity index (χ0v) is 16.8. The van der Waals surface area contributed by atoms with E-state index in [1.165, 1.54) is 16.6 Å². The second kappa shape index (κ2) is 8.70. The summed E-state index contributed by atoms with van der Waals surface area (Å²) in [5.74, 6) is -0.674. The quantitative estimate of drug-likeness (QED) is 0.547. The van der Waals surface area contributed by atoms with Gasteiger partial charge in [-0.15, -0.1) is 11.6 Å². The lowest BCUT2D eigenvalue weighted by atomic mass is 9.91. The number of hydrogen-bond donors (Lipinski definition) is 3. The first-order valence-electron chi connectivity index (χ1n) is 9.92. The van der Waals surface area contributed by atoms with E-state index in [4.69, 9.17) is 11.6 Å². The van der Waals surface area contributed by atoms with Gasteiger partial charge in [0.05, 0.1) is 0 Å². The van der Waals surface area contributed by atoms with Crippen LogP contribution in [0.2, 0.25) is 0 Å². The van der Waals surface area contributed by atoms with Gasteiger partial charge in [-0.25, -0.2) is 0 Å². The lowest BCUT2D eigenvalue weighted by Gasteiger charge is -2.26. The third-order valence-electron chi connectivity index (χ3n) is 5.50. The van der Waals surface area contributed by atoms with Crippen molar-refractivity contribution in [3.8, 4) is 0 Å². The summed E-state index contributed by atoms with van der Waals surface area (Å²) >= 11 is 5.65. The van der Waals surface area contributed by atoms with Crippen molar-refractivity contribution in [1.29, 1.82) is 0 Å². The van der Waals surface area contributed by atoms with Crippen LogP contribution in [-0.4, -0.2) is 34.8 Å². The van der Waals surface area contributed by atoms with E-state index in [1.807, 2.05) is 42.5 Å². The Hall–Kier alpha value is -2.79. The Kier molecular flexibility index (Phi) is 5.86. The largest absolute Gasteiger partial charge is 0.358 e. The molecule has 1 aliphatic rings. The molecule has 2 amide bonds. The molecule has 0 saturated carbocycles. The van der Waals surface area contributed by atoms with Crippen LogP contribution in [0.5, 0.6) is 0 Å². The topological polar surface area (TPSA) is 74.0 Å². The normalized spacial score (nSPS) is 16.8. The summed E-state index contributed by atoms with van der Waals surface area (Å²) in [5.41, 5.74) is 4.67. The van der Waals surface area contributed by atoms with Gasteiger partial charge in [0.1, 0.15) is 11.9 Å². The number of rotatable bonds is 6. The number of aryl methyl sites for hydroxylation is 1. The Morgan fingerprint density at radius 1 is 1.10 bits per heavy atom. The van der Waals surface area contributed by atoms with E-state index in [-0.39, 0.29) is 23.7 Å². The van der Waals surface area contributed by atoms with E-state index in [9.17, 15) is 9.59 Å². The minimum absolute atomic E-state index is 0.0420. The number of hydrogen-bond acceptors (Lipinski definition) is 2. The van der Waals surface area contributed by atoms with Crippen LogP contribution in [0.4, 0.5) is 0 Å². The van der Waals surface area contributed by atoms with Crippen LogP contribution in [0.3, 0.4) is 0 Å². The Bertz CT molecular complexity index is 1020. The van der Waals surface area contributed by atoms with Crippen molar-refractivity contribution in [2.75, 3.05) is 5.88 Å². The van der Waals surface area contributed by atoms with Gasteiger partial charge < -0.3 is 15.6 Å². The van der Waals surface area contributed by atoms with E-state index in [0.717, 1.165) is 30.3 Å². The van der Waals surface area contributed by atoms with Crippen LogP contribution >= 0.6 is 11.6 Å². The molecule has 6 heteroatoms. The lowest BCUT2D eigenvalue weighted by molar-refractivity contribution is -0.128. The number of alkyl halides is 1. The SMILES string of the molecule is O=C(CCl)N[C@@H](Cc1ccccc1)C(=O)NC1CCc2[nH]c3ccccc3c2C1. The van der Waals surface area contributed by atoms with Gasteiger partial charge in [-0.1, -0.05) is 48.5 Å². The number of nitrogens with one attached hydrogen (secondary N) is 3. The molecule has 1 unspecified atom stereocenters. The Labute approximate surface area is 174 Å². The number of aromatic amines is 1. The number of fused-ring (bicyclic) bond motifs is 3. The van der Waals surface area contributed by atoms with E-state index >= 15 is 0 Å². The number of aromatic nitrogens is 1. The molecule has 29 heavy (non-hydrogen) atoms. The van der Waals surface area contributed by atoms with E-state index in [0.29, 0.717) is 6.42 Å². The Morgan fingerprint density at radius 3 is 2.66 bits per heavy atom. The first-order chi connectivity index (χ1) is 14.1. The molecule has 3 aromatic rings. The molecular formula is C23H24ClN3O2. The second-order valence-electron chi connectivity index (χ2n) is 7.52. The van der Waals surface area contributed by atoms with Crippen molar-refractivity contribution >= 4 is 34.3 Å². The number of halogens is 1. The molecule has 0 saturated heterocycles. The molecular weight excluding hydrogens is 386 g/mol. The van der Waals surface area contributed by atoms with E-state index in [2.05, 4.69) is 27.8 Å². The van der Waals surface area contributed by atoms with Crippen molar-refractivity contribution in [2.45, 2.75) is 37.8 Å². The molecule has 3 N–H and O–H groups in total. The van der Waals surface area contributed by atoms with Crippen molar-refractivity contribution in [1.82, 2.24) is 15.6 Å². The summed E-state index contributed by atoms with van der Waals surface area (Å²) in [7, 11) is 0. The molecule has 0 radical (unpaired) electrons. The third-order valence-corrected chi connectivity index (χ3v) is 5.74. The molecule has 0 fully saturated rings. The molecule has 1 aromatic heterocycles. The fourth-order valence-electron chi connectivity index (χ4n) is 4.09. The van der Waals surface area contributed by atoms with Gasteiger partial charge in [0, 0.05) is 29.1 Å². The molecule has 5 nitrogen and oxygen atoms in total. The molecule has 1 aliphatic carbocycles. The monoisotopic (exact) mass is 409 g/mol. The second-order valence-corrected chi connectivity index (χ2v) is 7.79. The Morgan fingerprint density at radius 2 is 1.86 bits per heavy atom. The zero-order valence-electron chi connectivity index (χ0n) is 16.1. The fourth-order valence-corrected chi connectivity index (χ4v) is 4.16. The van der Waals surface area contributed by atoms with Crippen LogP contribution in [0.25, 0.3) is 10.9 Å². The summed E-state index contributed by atoms with van der Waals surface area (Å²) in [5, 5.41) is 7.13. The summed E-state index contributed by atoms with van der Waals surface area (Å²) in [4.78, 5) is 28.4. The number of carbonyl (C=O) groups is 2. The number of carbonyl (C=O) groups excluding carboxylic acids is 2. The smallest absolute Gasteiger partial charge is 0.243 e. The maximum absolute atomic E-state index is 13.0. The predicted octanol–water partition coefficient (Wildman–Crippen LogP) is 3.11. The van der Waals surface area contributed by atoms with Crippen LogP contribution in [0.1, 0.15) is 23.2 Å². The Balaban J connectivity index is 1.47. The van der Waals surface area contributed by atoms with Crippen LogP contribution in [0, 0.1) is 0 Å². The molecule has 2 atom stereocenters. The summed E-state index contributed by atoms with van der Waals surface area (Å²) in [6.07, 6.45) is 2.98. The van der Waals surface area contributed by atoms with E-state index < -0.39 is 6.04 Å². The van der Waals surface area contributed by atoms with Crippen molar-refractivity contribution in [3.63, 3.8) is 0 Å². The highest BCUT2D eigenvalue weighted by Gasteiger charge is 2.27. The number of para-hydroxylation sites is 1. The van der Waals surface area contributed by atoms with Gasteiger partial charge >= 0.3 is 0 Å². The van der Waals surface area contributed by atoms with Gasteiger partial charge in [0.15, 0.2) is 0 Å². The van der Waals surface area contributed by atoms with Gasteiger partial charge in [-0.05, 0) is 36.5 Å². The van der Waals surface area contributed by atoms with Crippen LogP contribution in [0.15, 0.2) is 54.6 Å². The summed E-state index contributed by atoms with van der Waals surface area (Å²) in [6, 6.07) is 17.3. The average Bonchev–Trinajstić information content (AvgIpc) is 3.12. The number of benzene rings is 2. The third kappa shape index (κ3) is 4.46. The highest BCUT2D eigenvalue weighted by atomic mass is 35.5. The van der Waals surface area contributed by atoms with Gasteiger partial charge in [0.25, 0.3) is 0 Å². The van der Waals surface area contributed by atoms with Gasteiger partial charge in [-0.3, -0.25) is 9.59 Å². The maximum atomic E-state index is 13.0. The van der Waals surface area contributed by atoms with E-state index in [1.54, 1.807) is 0 Å². The van der Waals surface area contributed by atoms with Gasteiger partial charge in [-0.2, -0.15) is 0 Å². The minimum atomic E-state index is -0.645. The molecule has 0 bridgehead atoms. The first-order valence-corrected chi connectivity index (χ1v) is 10.5. The number of amides is 2. The lowest BCUT2D eigenvalue weighted by Crippen LogP contribution is -2.52. The maximum Gasteiger partial charge on any atom is 0.243 e. The molecule has 150 valence electrons. The van der Waals surface area contributed by atoms with Gasteiger partial charge in [0.2, 0.25) is 11.8 Å². The summed E-state index contributed by atoms with van der Waals surface area (Å²) in [6.45, 7) is 0. The summed E-state index contributed by atoms with van der Waals surface area (Å²) < 4.78 is 0. The molecule has 1 heterocycles. The van der Waals surface area contributed by atoms with Crippen molar-refractivity contribution < 1.29 is 9.59 Å². The molecule has 4 rings (SSSR count). The average molecular weight is 410 g/mol.